The molecule has 0 amide bonds. The maximum atomic E-state index is 5.96. The maximum absolute atomic E-state index is 5.96. The molecule has 1 unspecified atom stereocenters. The quantitative estimate of drug-likeness (QED) is 0.510. The molecule has 0 saturated carbocycles. The molecule has 0 spiro atoms. The first-order chi connectivity index (χ1) is 9.67. The highest BCUT2D eigenvalue weighted by Crippen LogP contribution is 2.29. The van der Waals surface area contributed by atoms with Crippen molar-refractivity contribution in [1.82, 2.24) is 14.4 Å². The third kappa shape index (κ3) is 2.43. The van der Waals surface area contributed by atoms with Crippen molar-refractivity contribution in [3.05, 3.63) is 39.9 Å². The van der Waals surface area contributed by atoms with Crippen molar-refractivity contribution in [2.24, 2.45) is 5.84 Å². The van der Waals surface area contributed by atoms with E-state index in [9.17, 15) is 0 Å². The monoisotopic (exact) mass is 308 g/mol. The number of aromatic nitrogens is 3. The van der Waals surface area contributed by atoms with Crippen molar-refractivity contribution >= 4 is 40.2 Å². The smallest absolute Gasteiger partial charge is 0.180 e. The molecule has 4 N–H and O–H groups in total. The van der Waals surface area contributed by atoms with Gasteiger partial charge in [-0.25, -0.2) is 15.8 Å². The normalized spacial score (nSPS) is 12.6. The molecule has 0 aliphatic heterocycles. The van der Waals surface area contributed by atoms with Crippen LogP contribution in [-0.2, 0) is 0 Å². The highest BCUT2D eigenvalue weighted by Gasteiger charge is 2.13. The van der Waals surface area contributed by atoms with Crippen LogP contribution in [0.15, 0.2) is 30.7 Å². The fraction of sp³-hybridized carbons (Fsp3) is 0.167. The Kier molecular flexibility index (Phi) is 3.47. The average Bonchev–Trinajstić information content (AvgIpc) is 3.06. The summed E-state index contributed by atoms with van der Waals surface area (Å²) in [6.45, 7) is 2.05. The Labute approximate surface area is 124 Å². The Balaban J connectivity index is 1.95. The van der Waals surface area contributed by atoms with Gasteiger partial charge in [-0.05, 0) is 19.1 Å². The molecule has 0 aliphatic rings. The predicted octanol–water partition coefficient (Wildman–Crippen LogP) is 2.90. The molecule has 0 bridgehead atoms. The highest BCUT2D eigenvalue weighted by molar-refractivity contribution is 7.16. The molecular weight excluding hydrogens is 296 g/mol. The van der Waals surface area contributed by atoms with E-state index in [0.717, 1.165) is 14.9 Å². The summed E-state index contributed by atoms with van der Waals surface area (Å²) in [6, 6.07) is 3.96. The first-order valence-corrected chi connectivity index (χ1v) is 7.19. The number of nitrogens with one attached hydrogen (secondary N) is 2. The van der Waals surface area contributed by atoms with E-state index in [1.54, 1.807) is 23.7 Å². The van der Waals surface area contributed by atoms with E-state index in [2.05, 4.69) is 20.7 Å². The van der Waals surface area contributed by atoms with Crippen LogP contribution in [0.1, 0.15) is 17.8 Å². The summed E-state index contributed by atoms with van der Waals surface area (Å²) >= 11 is 7.50. The minimum absolute atomic E-state index is 0.0773. The Bertz CT molecular complexity index is 736. The van der Waals surface area contributed by atoms with Crippen LogP contribution in [0.5, 0.6) is 0 Å². The molecule has 20 heavy (non-hydrogen) atoms. The molecule has 0 aromatic carbocycles. The third-order valence-corrected chi connectivity index (χ3v) is 4.31. The summed E-state index contributed by atoms with van der Waals surface area (Å²) < 4.78 is 2.63. The predicted molar refractivity (Wildman–Crippen MR) is 82.2 cm³/mol. The lowest BCUT2D eigenvalue weighted by atomic mass is 10.3. The van der Waals surface area contributed by atoms with Gasteiger partial charge in [-0.1, -0.05) is 11.6 Å². The SMILES string of the molecule is CC(Nc1nc(NN)cn2ccnc12)c1ccc(Cl)s1. The second-order valence-corrected chi connectivity index (χ2v) is 6.03. The van der Waals surface area contributed by atoms with Gasteiger partial charge < -0.3 is 15.1 Å². The van der Waals surface area contributed by atoms with Crippen LogP contribution in [0.3, 0.4) is 0 Å². The fourth-order valence-corrected chi connectivity index (χ4v) is 3.00. The number of rotatable bonds is 4. The second-order valence-electron chi connectivity index (χ2n) is 4.29. The number of imidazole rings is 1. The van der Waals surface area contributed by atoms with Crippen LogP contribution >= 0.6 is 22.9 Å². The van der Waals surface area contributed by atoms with E-state index in [1.807, 2.05) is 29.7 Å². The number of hydrazine groups is 1. The van der Waals surface area contributed by atoms with Gasteiger partial charge in [0.1, 0.15) is 0 Å². The van der Waals surface area contributed by atoms with Crippen LogP contribution < -0.4 is 16.6 Å². The van der Waals surface area contributed by atoms with E-state index in [-0.39, 0.29) is 6.04 Å². The number of nitrogens with zero attached hydrogens (tertiary/aromatic N) is 3. The number of anilines is 2. The minimum atomic E-state index is 0.0773. The number of halogens is 1. The minimum Gasteiger partial charge on any atom is -0.360 e. The third-order valence-electron chi connectivity index (χ3n) is 2.90. The lowest BCUT2D eigenvalue weighted by Crippen LogP contribution is -2.13. The Morgan fingerprint density at radius 2 is 2.30 bits per heavy atom. The van der Waals surface area contributed by atoms with Gasteiger partial charge in [0.15, 0.2) is 17.3 Å². The number of hydrogen-bond acceptors (Lipinski definition) is 6. The van der Waals surface area contributed by atoms with Gasteiger partial charge in [-0.2, -0.15) is 0 Å². The lowest BCUT2D eigenvalue weighted by molar-refractivity contribution is 0.893. The summed E-state index contributed by atoms with van der Waals surface area (Å²) in [5.74, 6) is 6.67. The van der Waals surface area contributed by atoms with Gasteiger partial charge >= 0.3 is 0 Å². The highest BCUT2D eigenvalue weighted by atomic mass is 35.5. The van der Waals surface area contributed by atoms with Crippen molar-refractivity contribution in [3.63, 3.8) is 0 Å². The van der Waals surface area contributed by atoms with Gasteiger partial charge in [0.2, 0.25) is 0 Å². The van der Waals surface area contributed by atoms with E-state index in [1.165, 1.54) is 0 Å². The number of nitrogens with two attached hydrogens (primary N) is 1. The van der Waals surface area contributed by atoms with Gasteiger partial charge in [0, 0.05) is 17.3 Å². The topological polar surface area (TPSA) is 80.3 Å². The van der Waals surface area contributed by atoms with Crippen molar-refractivity contribution in [1.29, 1.82) is 0 Å². The first-order valence-electron chi connectivity index (χ1n) is 5.99. The van der Waals surface area contributed by atoms with Crippen molar-refractivity contribution in [2.45, 2.75) is 13.0 Å². The molecule has 3 aromatic rings. The van der Waals surface area contributed by atoms with Crippen LogP contribution in [0, 0.1) is 0 Å². The van der Waals surface area contributed by atoms with Crippen LogP contribution in [0.2, 0.25) is 4.34 Å². The molecule has 3 aromatic heterocycles. The van der Waals surface area contributed by atoms with E-state index < -0.39 is 0 Å². The van der Waals surface area contributed by atoms with Gasteiger partial charge in [-0.15, -0.1) is 11.3 Å². The second kappa shape index (κ2) is 5.28. The van der Waals surface area contributed by atoms with Crippen molar-refractivity contribution in [3.8, 4) is 0 Å². The average molecular weight is 309 g/mol. The Morgan fingerprint density at radius 3 is 3.00 bits per heavy atom. The number of fused-ring (bicyclic) bond motifs is 1. The molecule has 0 fully saturated rings. The van der Waals surface area contributed by atoms with Crippen molar-refractivity contribution in [2.75, 3.05) is 10.7 Å². The zero-order valence-corrected chi connectivity index (χ0v) is 12.2. The first kappa shape index (κ1) is 13.2. The molecule has 0 saturated heterocycles. The Hall–Kier alpha value is -1.83. The summed E-state index contributed by atoms with van der Waals surface area (Å²) in [6.07, 6.45) is 5.34. The number of hydrogen-bond donors (Lipinski definition) is 3. The van der Waals surface area contributed by atoms with Crippen LogP contribution in [0.25, 0.3) is 5.65 Å². The summed E-state index contributed by atoms with van der Waals surface area (Å²) in [7, 11) is 0. The summed E-state index contributed by atoms with van der Waals surface area (Å²) in [5, 5.41) is 3.34. The molecule has 0 aliphatic carbocycles. The molecule has 3 rings (SSSR count). The molecule has 0 radical (unpaired) electrons. The van der Waals surface area contributed by atoms with Gasteiger partial charge in [-0.3, -0.25) is 0 Å². The molecule has 1 atom stereocenters. The summed E-state index contributed by atoms with van der Waals surface area (Å²) in [4.78, 5) is 9.83. The largest absolute Gasteiger partial charge is 0.360 e. The van der Waals surface area contributed by atoms with E-state index >= 15 is 0 Å². The molecule has 3 heterocycles. The summed E-state index contributed by atoms with van der Waals surface area (Å²) in [5.41, 5.74) is 3.30. The standard InChI is InChI=1S/C12H13ClN6S/c1-7(8-2-3-9(13)20-8)16-11-12-15-4-5-19(12)6-10(17-11)18-14/h2-7,18H,14H2,1H3,(H,16,17). The molecular formula is C12H13ClN6S. The zero-order valence-electron chi connectivity index (χ0n) is 10.7. The Morgan fingerprint density at radius 1 is 1.45 bits per heavy atom. The fourth-order valence-electron chi connectivity index (χ4n) is 1.94. The van der Waals surface area contributed by atoms with Gasteiger partial charge in [0.05, 0.1) is 16.6 Å². The molecule has 8 heteroatoms. The van der Waals surface area contributed by atoms with E-state index in [4.69, 9.17) is 17.4 Å². The molecule has 6 nitrogen and oxygen atoms in total. The van der Waals surface area contributed by atoms with Crippen molar-refractivity contribution < 1.29 is 0 Å². The number of nitrogen functional groups attached to an aromatic ring is 1. The zero-order chi connectivity index (χ0) is 14.1. The number of thiophene rings is 1. The van der Waals surface area contributed by atoms with Gasteiger partial charge in [0.25, 0.3) is 0 Å². The lowest BCUT2D eigenvalue weighted by Gasteiger charge is -2.14. The van der Waals surface area contributed by atoms with Crippen LogP contribution in [0.4, 0.5) is 11.6 Å². The molecule has 104 valence electrons. The van der Waals surface area contributed by atoms with Crippen LogP contribution in [-0.4, -0.2) is 14.4 Å². The maximum Gasteiger partial charge on any atom is 0.180 e. The van der Waals surface area contributed by atoms with E-state index in [0.29, 0.717) is 11.6 Å².